The van der Waals surface area contributed by atoms with Crippen LogP contribution in [-0.4, -0.2) is 14.7 Å². The van der Waals surface area contributed by atoms with Crippen LogP contribution >= 0.6 is 47.8 Å². The summed E-state index contributed by atoms with van der Waals surface area (Å²) in [6.07, 6.45) is 0. The molecule has 0 fully saturated rings. The van der Waals surface area contributed by atoms with E-state index in [1.165, 1.54) is 6.92 Å². The first kappa shape index (κ1) is 12.9. The van der Waals surface area contributed by atoms with Gasteiger partial charge in [0.2, 0.25) is 3.42 Å². The van der Waals surface area contributed by atoms with Gasteiger partial charge in [0.15, 0.2) is 0 Å². The Morgan fingerprint density at radius 1 is 1.42 bits per heavy atom. The second-order valence-electron chi connectivity index (χ2n) is 3.13. The maximum atomic E-state index is 10.7. The van der Waals surface area contributed by atoms with Gasteiger partial charge >= 0.3 is 5.97 Å². The van der Waals surface area contributed by atoms with Gasteiger partial charge in [0.25, 0.3) is 0 Å². The predicted octanol–water partition coefficient (Wildman–Crippen LogP) is 3.41. The van der Waals surface area contributed by atoms with Crippen molar-refractivity contribution in [1.29, 1.82) is 0 Å². The van der Waals surface area contributed by atoms with E-state index in [0.717, 1.165) is 0 Å². The molecule has 0 aromatic rings. The van der Waals surface area contributed by atoms with Crippen molar-refractivity contribution in [3.8, 4) is 0 Å². The van der Waals surface area contributed by atoms with Crippen LogP contribution in [0.3, 0.4) is 0 Å². The second-order valence-corrected chi connectivity index (χ2v) is 6.99. The molecule has 12 heavy (non-hydrogen) atoms. The summed E-state index contributed by atoms with van der Waals surface area (Å²) in [5, 5.41) is 0.712. The molecular weight excluding hydrogens is 356 g/mol. The third kappa shape index (κ3) is 3.34. The van der Waals surface area contributed by atoms with E-state index >= 15 is 0 Å². The number of esters is 1. The smallest absolute Gasteiger partial charge is 0.304 e. The van der Waals surface area contributed by atoms with Crippen molar-refractivity contribution < 1.29 is 9.53 Å². The van der Waals surface area contributed by atoms with Crippen LogP contribution in [0.25, 0.3) is 0 Å². The van der Waals surface area contributed by atoms with Crippen molar-refractivity contribution >= 4 is 53.8 Å². The molecule has 0 unspecified atom stereocenters. The Morgan fingerprint density at radius 3 is 2.08 bits per heavy atom. The quantitative estimate of drug-likeness (QED) is 0.565. The Hall–Kier alpha value is 0.910. The Morgan fingerprint density at radius 2 is 1.83 bits per heavy atom. The van der Waals surface area contributed by atoms with Gasteiger partial charge in [0.1, 0.15) is 0 Å². The first-order chi connectivity index (χ1) is 5.23. The molecule has 0 saturated carbocycles. The summed E-state index contributed by atoms with van der Waals surface area (Å²) >= 11 is 9.96. The van der Waals surface area contributed by atoms with Crippen LogP contribution in [0.4, 0.5) is 0 Å². The number of halogens is 3. The third-order valence-electron chi connectivity index (χ3n) is 1.39. The molecule has 0 aromatic heterocycles. The number of hydrogen-bond acceptors (Lipinski definition) is 2. The minimum absolute atomic E-state index is 0.224. The topological polar surface area (TPSA) is 26.3 Å². The van der Waals surface area contributed by atoms with E-state index in [1.807, 2.05) is 13.8 Å². The van der Waals surface area contributed by atoms with Gasteiger partial charge in [-0.3, -0.25) is 4.79 Å². The molecule has 72 valence electrons. The van der Waals surface area contributed by atoms with Gasteiger partial charge < -0.3 is 4.74 Å². The summed E-state index contributed by atoms with van der Waals surface area (Å²) in [6, 6.07) is 0. The molecule has 0 atom stereocenters. The molecule has 0 aliphatic rings. The van der Waals surface area contributed by atoms with Gasteiger partial charge in [0.05, 0.1) is 0 Å². The zero-order valence-corrected chi connectivity index (χ0v) is 11.9. The van der Waals surface area contributed by atoms with Crippen LogP contribution in [0.1, 0.15) is 20.8 Å². The van der Waals surface area contributed by atoms with Crippen molar-refractivity contribution in [3.63, 3.8) is 0 Å². The average molecular weight is 367 g/mol. The average Bonchev–Trinajstić information content (AvgIpc) is 1.84. The highest BCUT2D eigenvalue weighted by Gasteiger charge is 2.43. The predicted molar refractivity (Wildman–Crippen MR) is 59.9 cm³/mol. The maximum absolute atomic E-state index is 10.7. The van der Waals surface area contributed by atoms with Gasteiger partial charge in [-0.15, -0.1) is 0 Å². The largest absolute Gasteiger partial charge is 0.437 e. The van der Waals surface area contributed by atoms with Crippen LogP contribution in [0, 0.1) is 5.41 Å². The highest BCUT2D eigenvalue weighted by Crippen LogP contribution is 2.46. The highest BCUT2D eigenvalue weighted by atomic mass is 79.9. The number of carbonyl (C=O) groups is 1. The monoisotopic (exact) mass is 364 g/mol. The molecule has 0 aromatic carbocycles. The lowest BCUT2D eigenvalue weighted by Crippen LogP contribution is -2.38. The summed E-state index contributed by atoms with van der Waals surface area (Å²) in [5.41, 5.74) is -0.224. The normalized spacial score (nSPS) is 12.8. The minimum Gasteiger partial charge on any atom is -0.437 e. The lowest BCUT2D eigenvalue weighted by molar-refractivity contribution is -0.147. The molecule has 0 aliphatic carbocycles. The number of carbonyl (C=O) groups excluding carboxylic acids is 1. The molecule has 0 rings (SSSR count). The fourth-order valence-electron chi connectivity index (χ4n) is 0.396. The van der Waals surface area contributed by atoms with Gasteiger partial charge in [-0.2, -0.15) is 0 Å². The summed E-state index contributed by atoms with van der Waals surface area (Å²) in [7, 11) is 0. The van der Waals surface area contributed by atoms with E-state index < -0.39 is 3.42 Å². The second kappa shape index (κ2) is 4.42. The standard InChI is InChI=1S/C7H11Br3O2/c1-5(11)12-7(9,10)6(2,3)4-8/h4H2,1-3H3. The highest BCUT2D eigenvalue weighted by molar-refractivity contribution is 9.25. The SMILES string of the molecule is CC(=O)OC(Br)(Br)C(C)(C)CBr. The summed E-state index contributed by atoms with van der Waals surface area (Å²) in [5.74, 6) is -0.322. The number of rotatable bonds is 3. The molecule has 0 heterocycles. The molecule has 0 amide bonds. The van der Waals surface area contributed by atoms with Crippen LogP contribution in [0.2, 0.25) is 0 Å². The summed E-state index contributed by atoms with van der Waals surface area (Å²) < 4.78 is 4.25. The number of hydrogen-bond donors (Lipinski definition) is 0. The number of ether oxygens (including phenoxy) is 1. The van der Waals surface area contributed by atoms with Crippen LogP contribution in [0.15, 0.2) is 0 Å². The van der Waals surface area contributed by atoms with E-state index in [9.17, 15) is 4.79 Å². The molecule has 5 heteroatoms. The van der Waals surface area contributed by atoms with Crippen molar-refractivity contribution in [1.82, 2.24) is 0 Å². The molecule has 0 saturated heterocycles. The molecule has 0 aliphatic heterocycles. The van der Waals surface area contributed by atoms with Gasteiger partial charge in [-0.25, -0.2) is 0 Å². The fourth-order valence-corrected chi connectivity index (χ4v) is 2.28. The van der Waals surface area contributed by atoms with E-state index in [1.54, 1.807) is 0 Å². The van der Waals surface area contributed by atoms with E-state index in [4.69, 9.17) is 4.74 Å². The lowest BCUT2D eigenvalue weighted by Gasteiger charge is -2.35. The van der Waals surface area contributed by atoms with Crippen molar-refractivity contribution in [2.75, 3.05) is 5.33 Å². The molecule has 0 spiro atoms. The zero-order chi connectivity index (χ0) is 9.99. The summed E-state index contributed by atoms with van der Waals surface area (Å²) in [6.45, 7) is 5.31. The van der Waals surface area contributed by atoms with E-state index in [0.29, 0.717) is 5.33 Å². The Labute approximate surface area is 97.8 Å². The van der Waals surface area contributed by atoms with Crippen LogP contribution in [-0.2, 0) is 9.53 Å². The van der Waals surface area contributed by atoms with Crippen molar-refractivity contribution in [2.24, 2.45) is 5.41 Å². The van der Waals surface area contributed by atoms with Gasteiger partial charge in [-0.1, -0.05) is 29.8 Å². The molecule has 0 radical (unpaired) electrons. The van der Waals surface area contributed by atoms with Crippen LogP contribution in [0.5, 0.6) is 0 Å². The molecule has 2 nitrogen and oxygen atoms in total. The van der Waals surface area contributed by atoms with Gasteiger partial charge in [0, 0.05) is 17.7 Å². The fraction of sp³-hybridized carbons (Fsp3) is 0.857. The van der Waals surface area contributed by atoms with Crippen molar-refractivity contribution in [3.05, 3.63) is 0 Å². The minimum atomic E-state index is -0.803. The first-order valence-corrected chi connectivity index (χ1v) is 6.07. The summed E-state index contributed by atoms with van der Waals surface area (Å²) in [4.78, 5) is 10.7. The third-order valence-corrected chi connectivity index (χ3v) is 5.27. The number of alkyl halides is 3. The van der Waals surface area contributed by atoms with Crippen LogP contribution < -0.4 is 0 Å². The lowest BCUT2D eigenvalue weighted by atomic mass is 9.98. The van der Waals surface area contributed by atoms with E-state index in [-0.39, 0.29) is 11.4 Å². The Bertz CT molecular complexity index is 177. The maximum Gasteiger partial charge on any atom is 0.304 e. The van der Waals surface area contributed by atoms with Crippen molar-refractivity contribution in [2.45, 2.75) is 24.2 Å². The van der Waals surface area contributed by atoms with E-state index in [2.05, 4.69) is 47.8 Å². The Kier molecular flexibility index (Phi) is 4.75. The molecule has 0 N–H and O–H groups in total. The zero-order valence-electron chi connectivity index (χ0n) is 7.16. The molecular formula is C7H11Br3O2. The molecule has 0 bridgehead atoms. The Balaban J connectivity index is 4.48. The first-order valence-electron chi connectivity index (χ1n) is 3.36. The van der Waals surface area contributed by atoms with Gasteiger partial charge in [-0.05, 0) is 31.9 Å².